The molecule has 0 bridgehead atoms. The fraction of sp³-hybridized carbons (Fsp3) is 0.0909. The van der Waals surface area contributed by atoms with Gasteiger partial charge in [-0.15, -0.1) is 0 Å². The highest BCUT2D eigenvalue weighted by Crippen LogP contribution is 2.21. The van der Waals surface area contributed by atoms with E-state index < -0.39 is 5.82 Å². The second-order valence-electron chi connectivity index (χ2n) is 6.13. The molecule has 0 aliphatic heterocycles. The predicted octanol–water partition coefficient (Wildman–Crippen LogP) is 5.13. The lowest BCUT2D eigenvalue weighted by molar-refractivity contribution is 0.0955. The van der Waals surface area contributed by atoms with Crippen molar-refractivity contribution in [2.45, 2.75) is 13.5 Å². The highest BCUT2D eigenvalue weighted by atomic mass is 35.5. The number of amides is 1. The Balaban J connectivity index is 1.55. The van der Waals surface area contributed by atoms with Gasteiger partial charge in [0, 0.05) is 11.1 Å². The maximum atomic E-state index is 13.8. The van der Waals surface area contributed by atoms with Crippen molar-refractivity contribution in [2.24, 2.45) is 5.10 Å². The molecule has 0 fully saturated rings. The van der Waals surface area contributed by atoms with Gasteiger partial charge in [0.1, 0.15) is 18.2 Å². The van der Waals surface area contributed by atoms with E-state index >= 15 is 0 Å². The predicted molar refractivity (Wildman–Crippen MR) is 108 cm³/mol. The Labute approximate surface area is 167 Å². The molecule has 1 N–H and O–H groups in total. The SMILES string of the molecule is Cc1cccc(C(=O)N/N=C/c2ccc(OCc3c(F)cccc3Cl)cc2)c1. The Kier molecular flexibility index (Phi) is 6.40. The molecule has 0 atom stereocenters. The highest BCUT2D eigenvalue weighted by molar-refractivity contribution is 6.31. The number of carbonyl (C=O) groups is 1. The third kappa shape index (κ3) is 5.18. The van der Waals surface area contributed by atoms with Crippen LogP contribution in [0.1, 0.15) is 27.0 Å². The zero-order valence-corrected chi connectivity index (χ0v) is 15.9. The summed E-state index contributed by atoms with van der Waals surface area (Å²) in [6.45, 7) is 1.95. The van der Waals surface area contributed by atoms with Crippen LogP contribution in [0.4, 0.5) is 4.39 Å². The Hall–Kier alpha value is -3.18. The Bertz CT molecular complexity index is 983. The number of nitrogens with zero attached hydrogens (tertiary/aromatic N) is 1. The van der Waals surface area contributed by atoms with Gasteiger partial charge in [-0.2, -0.15) is 5.10 Å². The molecule has 0 unspecified atom stereocenters. The number of carbonyl (C=O) groups excluding carboxylic acids is 1. The quantitative estimate of drug-likeness (QED) is 0.464. The third-order valence-electron chi connectivity index (χ3n) is 3.98. The van der Waals surface area contributed by atoms with E-state index in [1.807, 2.05) is 19.1 Å². The summed E-state index contributed by atoms with van der Waals surface area (Å²) in [5.74, 6) is -0.109. The van der Waals surface area contributed by atoms with E-state index in [0.29, 0.717) is 21.9 Å². The Morgan fingerprint density at radius 1 is 1.14 bits per heavy atom. The molecular weight excluding hydrogens is 379 g/mol. The molecule has 0 heterocycles. The zero-order valence-electron chi connectivity index (χ0n) is 15.2. The van der Waals surface area contributed by atoms with E-state index in [9.17, 15) is 9.18 Å². The summed E-state index contributed by atoms with van der Waals surface area (Å²) in [4.78, 5) is 12.0. The van der Waals surface area contributed by atoms with Crippen LogP contribution < -0.4 is 10.2 Å². The lowest BCUT2D eigenvalue weighted by Crippen LogP contribution is -2.17. The first-order valence-electron chi connectivity index (χ1n) is 8.59. The lowest BCUT2D eigenvalue weighted by Gasteiger charge is -2.09. The van der Waals surface area contributed by atoms with Crippen molar-refractivity contribution < 1.29 is 13.9 Å². The molecule has 142 valence electrons. The van der Waals surface area contributed by atoms with Crippen LogP contribution in [0.25, 0.3) is 0 Å². The number of ether oxygens (including phenoxy) is 1. The Morgan fingerprint density at radius 3 is 2.61 bits per heavy atom. The molecule has 0 spiro atoms. The van der Waals surface area contributed by atoms with Crippen molar-refractivity contribution in [3.8, 4) is 5.75 Å². The van der Waals surface area contributed by atoms with Gasteiger partial charge in [-0.3, -0.25) is 4.79 Å². The third-order valence-corrected chi connectivity index (χ3v) is 4.34. The number of nitrogens with one attached hydrogen (secondary N) is 1. The molecule has 3 aromatic carbocycles. The zero-order chi connectivity index (χ0) is 19.9. The molecule has 1 amide bonds. The summed E-state index contributed by atoms with van der Waals surface area (Å²) in [5, 5.41) is 4.29. The van der Waals surface area contributed by atoms with Crippen LogP contribution in [0.15, 0.2) is 71.8 Å². The summed E-state index contributed by atoms with van der Waals surface area (Å²) < 4.78 is 19.3. The van der Waals surface area contributed by atoms with Crippen LogP contribution in [-0.4, -0.2) is 12.1 Å². The van der Waals surface area contributed by atoms with E-state index in [0.717, 1.165) is 11.1 Å². The van der Waals surface area contributed by atoms with Crippen molar-refractivity contribution in [2.75, 3.05) is 0 Å². The fourth-order valence-corrected chi connectivity index (χ4v) is 2.71. The molecule has 0 aliphatic carbocycles. The first kappa shape index (κ1) is 19.6. The molecule has 3 rings (SSSR count). The second kappa shape index (κ2) is 9.15. The van der Waals surface area contributed by atoms with Crippen molar-refractivity contribution in [1.29, 1.82) is 0 Å². The number of rotatable bonds is 6. The average molecular weight is 397 g/mol. The second-order valence-corrected chi connectivity index (χ2v) is 6.53. The molecule has 0 saturated heterocycles. The molecular formula is C22H18ClFN2O2. The van der Waals surface area contributed by atoms with Crippen molar-refractivity contribution in [3.05, 3.63) is 99.8 Å². The number of aryl methyl sites for hydroxylation is 1. The summed E-state index contributed by atoms with van der Waals surface area (Å²) in [6, 6.07) is 18.8. The largest absolute Gasteiger partial charge is 0.489 e. The summed E-state index contributed by atoms with van der Waals surface area (Å²) in [6.07, 6.45) is 1.53. The molecule has 0 saturated carbocycles. The monoisotopic (exact) mass is 396 g/mol. The van der Waals surface area contributed by atoms with Gasteiger partial charge in [0.2, 0.25) is 0 Å². The first-order chi connectivity index (χ1) is 13.5. The van der Waals surface area contributed by atoms with Crippen LogP contribution in [0.3, 0.4) is 0 Å². The molecule has 28 heavy (non-hydrogen) atoms. The van der Waals surface area contributed by atoms with Gasteiger partial charge in [0.15, 0.2) is 0 Å². The first-order valence-corrected chi connectivity index (χ1v) is 8.96. The van der Waals surface area contributed by atoms with Crippen molar-refractivity contribution >= 4 is 23.7 Å². The Morgan fingerprint density at radius 2 is 1.89 bits per heavy atom. The standard InChI is InChI=1S/C22H18ClFN2O2/c1-15-4-2-5-17(12-15)22(27)26-25-13-16-8-10-18(11-9-16)28-14-19-20(23)6-3-7-21(19)24/h2-13H,14H2,1H3,(H,26,27)/b25-13+. The van der Waals surface area contributed by atoms with Gasteiger partial charge in [-0.1, -0.05) is 35.4 Å². The number of hydrogen-bond acceptors (Lipinski definition) is 3. The van der Waals surface area contributed by atoms with E-state index in [1.165, 1.54) is 12.3 Å². The lowest BCUT2D eigenvalue weighted by atomic mass is 10.1. The number of hydrogen-bond donors (Lipinski definition) is 1. The minimum atomic E-state index is -0.402. The van der Waals surface area contributed by atoms with Crippen molar-refractivity contribution in [1.82, 2.24) is 5.43 Å². The van der Waals surface area contributed by atoms with E-state index in [1.54, 1.807) is 48.5 Å². The van der Waals surface area contributed by atoms with E-state index in [-0.39, 0.29) is 12.5 Å². The summed E-state index contributed by atoms with van der Waals surface area (Å²) >= 11 is 5.98. The molecule has 4 nitrogen and oxygen atoms in total. The normalized spacial score (nSPS) is 10.8. The molecule has 0 aliphatic rings. The van der Waals surface area contributed by atoms with Crippen LogP contribution in [0, 0.1) is 12.7 Å². The average Bonchev–Trinajstić information content (AvgIpc) is 2.68. The van der Waals surface area contributed by atoms with Crippen LogP contribution in [0.2, 0.25) is 5.02 Å². The van der Waals surface area contributed by atoms with Crippen molar-refractivity contribution in [3.63, 3.8) is 0 Å². The topological polar surface area (TPSA) is 50.7 Å². The smallest absolute Gasteiger partial charge is 0.271 e. The van der Waals surface area contributed by atoms with Crippen LogP contribution in [-0.2, 0) is 6.61 Å². The van der Waals surface area contributed by atoms with Crippen LogP contribution >= 0.6 is 11.6 Å². The molecule has 0 radical (unpaired) electrons. The summed E-state index contributed by atoms with van der Waals surface area (Å²) in [7, 11) is 0. The minimum Gasteiger partial charge on any atom is -0.489 e. The molecule has 3 aromatic rings. The van der Waals surface area contributed by atoms with E-state index in [4.69, 9.17) is 16.3 Å². The van der Waals surface area contributed by atoms with Gasteiger partial charge in [0.25, 0.3) is 5.91 Å². The van der Waals surface area contributed by atoms with Crippen LogP contribution in [0.5, 0.6) is 5.75 Å². The molecule has 6 heteroatoms. The van der Waals surface area contributed by atoms with Gasteiger partial charge >= 0.3 is 0 Å². The summed E-state index contributed by atoms with van der Waals surface area (Å²) in [5.41, 5.74) is 5.14. The highest BCUT2D eigenvalue weighted by Gasteiger charge is 2.07. The fourth-order valence-electron chi connectivity index (χ4n) is 2.49. The number of hydrazone groups is 1. The maximum absolute atomic E-state index is 13.8. The van der Waals surface area contributed by atoms with Gasteiger partial charge in [-0.25, -0.2) is 9.82 Å². The minimum absolute atomic E-state index is 0.0332. The van der Waals surface area contributed by atoms with E-state index in [2.05, 4.69) is 10.5 Å². The van der Waals surface area contributed by atoms with Gasteiger partial charge in [0.05, 0.1) is 11.2 Å². The van der Waals surface area contributed by atoms with Gasteiger partial charge in [-0.05, 0) is 61.0 Å². The maximum Gasteiger partial charge on any atom is 0.271 e. The van der Waals surface area contributed by atoms with Gasteiger partial charge < -0.3 is 4.74 Å². The number of benzene rings is 3. The molecule has 0 aromatic heterocycles. The number of halogens is 2.